The molecular formula is C28H31NO. The fourth-order valence-corrected chi connectivity index (χ4v) is 5.70. The lowest BCUT2D eigenvalue weighted by Gasteiger charge is -2.35. The van der Waals surface area contributed by atoms with Gasteiger partial charge in [-0.25, -0.2) is 0 Å². The number of para-hydroxylation sites is 1. The van der Waals surface area contributed by atoms with Crippen molar-refractivity contribution in [3.63, 3.8) is 0 Å². The Labute approximate surface area is 180 Å². The van der Waals surface area contributed by atoms with Crippen molar-refractivity contribution in [3.05, 3.63) is 89.0 Å². The molecule has 3 aromatic carbocycles. The lowest BCUT2D eigenvalue weighted by Crippen LogP contribution is -2.35. The van der Waals surface area contributed by atoms with Crippen LogP contribution in [-0.2, 0) is 12.0 Å². The highest BCUT2D eigenvalue weighted by Gasteiger charge is 2.44. The minimum Gasteiger partial charge on any atom is -0.457 e. The van der Waals surface area contributed by atoms with Gasteiger partial charge in [0.1, 0.15) is 11.5 Å². The van der Waals surface area contributed by atoms with Gasteiger partial charge in [0.25, 0.3) is 0 Å². The molecule has 2 nitrogen and oxygen atoms in total. The Morgan fingerprint density at radius 2 is 1.53 bits per heavy atom. The van der Waals surface area contributed by atoms with E-state index in [1.807, 2.05) is 30.3 Å². The molecule has 2 aliphatic rings. The third-order valence-electron chi connectivity index (χ3n) is 6.91. The lowest BCUT2D eigenvalue weighted by atomic mass is 9.69. The van der Waals surface area contributed by atoms with Crippen LogP contribution < -0.4 is 9.64 Å². The maximum Gasteiger partial charge on any atom is 0.127 e. The van der Waals surface area contributed by atoms with Crippen LogP contribution in [0.25, 0.3) is 0 Å². The van der Waals surface area contributed by atoms with Crippen molar-refractivity contribution >= 4 is 5.69 Å². The summed E-state index contributed by atoms with van der Waals surface area (Å²) in [6.45, 7) is 6.67. The molecule has 1 aliphatic heterocycles. The predicted molar refractivity (Wildman–Crippen MR) is 125 cm³/mol. The molecule has 1 spiro atoms. The van der Waals surface area contributed by atoms with Crippen molar-refractivity contribution in [1.82, 2.24) is 0 Å². The van der Waals surface area contributed by atoms with E-state index in [4.69, 9.17) is 4.74 Å². The summed E-state index contributed by atoms with van der Waals surface area (Å²) < 4.78 is 5.97. The van der Waals surface area contributed by atoms with E-state index < -0.39 is 0 Å². The number of nitrogens with zero attached hydrogens (tertiary/aromatic N) is 1. The van der Waals surface area contributed by atoms with Crippen molar-refractivity contribution < 1.29 is 4.74 Å². The second-order valence-corrected chi connectivity index (χ2v) is 9.23. The molecular weight excluding hydrogens is 366 g/mol. The Kier molecular flexibility index (Phi) is 5.02. The van der Waals surface area contributed by atoms with Crippen LogP contribution in [0.5, 0.6) is 11.5 Å². The van der Waals surface area contributed by atoms with Crippen LogP contribution in [0.1, 0.15) is 54.4 Å². The first-order valence-electron chi connectivity index (χ1n) is 11.3. The van der Waals surface area contributed by atoms with Crippen molar-refractivity contribution in [2.45, 2.75) is 57.9 Å². The SMILES string of the molecule is Cc1cc(C)c2c(c1)N(Cc1ccc(Oc3ccccc3)cc1)CC21CCCCC1. The molecule has 0 saturated heterocycles. The van der Waals surface area contributed by atoms with Gasteiger partial charge < -0.3 is 9.64 Å². The zero-order valence-electron chi connectivity index (χ0n) is 18.2. The Hall–Kier alpha value is -2.74. The maximum absolute atomic E-state index is 5.97. The van der Waals surface area contributed by atoms with Gasteiger partial charge in [-0.05, 0) is 79.3 Å². The van der Waals surface area contributed by atoms with E-state index in [0.29, 0.717) is 5.41 Å². The molecule has 1 saturated carbocycles. The van der Waals surface area contributed by atoms with E-state index in [1.54, 1.807) is 5.56 Å². The first-order valence-corrected chi connectivity index (χ1v) is 11.3. The topological polar surface area (TPSA) is 12.5 Å². The minimum absolute atomic E-state index is 0.363. The quantitative estimate of drug-likeness (QED) is 0.457. The molecule has 0 atom stereocenters. The largest absolute Gasteiger partial charge is 0.457 e. The van der Waals surface area contributed by atoms with Gasteiger partial charge in [0.2, 0.25) is 0 Å². The molecule has 1 aliphatic carbocycles. The zero-order chi connectivity index (χ0) is 20.6. The summed E-state index contributed by atoms with van der Waals surface area (Å²) in [5.41, 5.74) is 7.67. The third kappa shape index (κ3) is 3.60. The van der Waals surface area contributed by atoms with Crippen molar-refractivity contribution in [3.8, 4) is 11.5 Å². The monoisotopic (exact) mass is 397 g/mol. The molecule has 3 aromatic rings. The molecule has 1 fully saturated rings. The molecule has 1 heterocycles. The average molecular weight is 398 g/mol. The fourth-order valence-electron chi connectivity index (χ4n) is 5.70. The fraction of sp³-hybridized carbons (Fsp3) is 0.357. The van der Waals surface area contributed by atoms with E-state index in [1.165, 1.54) is 54.5 Å². The van der Waals surface area contributed by atoms with Crippen LogP contribution in [0.3, 0.4) is 0 Å². The normalized spacial score (nSPS) is 17.2. The first-order chi connectivity index (χ1) is 14.6. The van der Waals surface area contributed by atoms with Gasteiger partial charge in [0, 0.05) is 24.2 Å². The summed E-state index contributed by atoms with van der Waals surface area (Å²) in [4.78, 5) is 2.63. The zero-order valence-corrected chi connectivity index (χ0v) is 18.2. The van der Waals surface area contributed by atoms with Crippen LogP contribution in [-0.4, -0.2) is 6.54 Å². The van der Waals surface area contributed by atoms with Gasteiger partial charge >= 0.3 is 0 Å². The second kappa shape index (κ2) is 7.83. The summed E-state index contributed by atoms with van der Waals surface area (Å²) in [7, 11) is 0. The van der Waals surface area contributed by atoms with E-state index in [9.17, 15) is 0 Å². The number of fused-ring (bicyclic) bond motifs is 2. The molecule has 0 radical (unpaired) electrons. The number of ether oxygens (including phenoxy) is 1. The van der Waals surface area contributed by atoms with Crippen LogP contribution in [0, 0.1) is 13.8 Å². The van der Waals surface area contributed by atoms with Gasteiger partial charge in [0.05, 0.1) is 0 Å². The summed E-state index contributed by atoms with van der Waals surface area (Å²) in [5, 5.41) is 0. The standard InChI is InChI=1S/C28H31NO/c1-21-17-22(2)27-26(18-21)29(20-28(27)15-7-4-8-16-28)19-23-11-13-25(14-12-23)30-24-9-5-3-6-10-24/h3,5-6,9-14,17-18H,4,7-8,15-16,19-20H2,1-2H3. The maximum atomic E-state index is 5.97. The first kappa shape index (κ1) is 19.2. The van der Waals surface area contributed by atoms with Gasteiger partial charge in [0.15, 0.2) is 0 Å². The molecule has 5 rings (SSSR count). The Balaban J connectivity index is 1.39. The molecule has 0 aromatic heterocycles. The molecule has 0 unspecified atom stereocenters. The molecule has 154 valence electrons. The van der Waals surface area contributed by atoms with Gasteiger partial charge in [-0.1, -0.05) is 55.7 Å². The molecule has 30 heavy (non-hydrogen) atoms. The van der Waals surface area contributed by atoms with Crippen molar-refractivity contribution in [1.29, 1.82) is 0 Å². The molecule has 2 heteroatoms. The average Bonchev–Trinajstić information content (AvgIpc) is 3.03. The van der Waals surface area contributed by atoms with E-state index >= 15 is 0 Å². The smallest absolute Gasteiger partial charge is 0.127 e. The predicted octanol–water partition coefficient (Wildman–Crippen LogP) is 7.32. The van der Waals surface area contributed by atoms with Crippen LogP contribution in [0.2, 0.25) is 0 Å². The second-order valence-electron chi connectivity index (χ2n) is 9.23. The van der Waals surface area contributed by atoms with Gasteiger partial charge in [-0.2, -0.15) is 0 Å². The Morgan fingerprint density at radius 3 is 2.27 bits per heavy atom. The number of hydrogen-bond donors (Lipinski definition) is 0. The Bertz CT molecular complexity index is 1020. The summed E-state index contributed by atoms with van der Waals surface area (Å²) in [6.07, 6.45) is 6.80. The molecule has 0 N–H and O–H groups in total. The van der Waals surface area contributed by atoms with E-state index in [-0.39, 0.29) is 0 Å². The van der Waals surface area contributed by atoms with Gasteiger partial charge in [-0.15, -0.1) is 0 Å². The van der Waals surface area contributed by atoms with Crippen LogP contribution in [0.4, 0.5) is 5.69 Å². The lowest BCUT2D eigenvalue weighted by molar-refractivity contribution is 0.309. The number of aryl methyl sites for hydroxylation is 2. The van der Waals surface area contributed by atoms with Crippen molar-refractivity contribution in [2.24, 2.45) is 0 Å². The highest BCUT2D eigenvalue weighted by molar-refractivity contribution is 5.67. The van der Waals surface area contributed by atoms with E-state index in [2.05, 4.69) is 55.1 Å². The summed E-state index contributed by atoms with van der Waals surface area (Å²) >= 11 is 0. The third-order valence-corrected chi connectivity index (χ3v) is 6.91. The summed E-state index contributed by atoms with van der Waals surface area (Å²) in [6, 6.07) is 23.4. The number of rotatable bonds is 4. The van der Waals surface area contributed by atoms with Crippen LogP contribution in [0.15, 0.2) is 66.7 Å². The molecule has 0 bridgehead atoms. The van der Waals surface area contributed by atoms with Crippen molar-refractivity contribution in [2.75, 3.05) is 11.4 Å². The highest BCUT2D eigenvalue weighted by atomic mass is 16.5. The summed E-state index contributed by atoms with van der Waals surface area (Å²) in [5.74, 6) is 1.77. The van der Waals surface area contributed by atoms with Crippen LogP contribution >= 0.6 is 0 Å². The number of benzene rings is 3. The number of hydrogen-bond acceptors (Lipinski definition) is 2. The number of anilines is 1. The molecule has 0 amide bonds. The Morgan fingerprint density at radius 1 is 0.833 bits per heavy atom. The highest BCUT2D eigenvalue weighted by Crippen LogP contribution is 2.51. The minimum atomic E-state index is 0.363. The van der Waals surface area contributed by atoms with E-state index in [0.717, 1.165) is 24.6 Å². The van der Waals surface area contributed by atoms with Gasteiger partial charge in [-0.3, -0.25) is 0 Å².